The molecule has 1 amide bonds. The fraction of sp³-hybridized carbons (Fsp3) is 0.632. The van der Waals surface area contributed by atoms with Gasteiger partial charge in [0.05, 0.1) is 19.5 Å². The molecular weight excluding hydrogens is 426 g/mol. The van der Waals surface area contributed by atoms with E-state index in [2.05, 4.69) is 20.3 Å². The monoisotopic (exact) mass is 453 g/mol. The summed E-state index contributed by atoms with van der Waals surface area (Å²) in [5.74, 6) is -0.269. The maximum Gasteiger partial charge on any atom is 0.407 e. The molecule has 1 aliphatic rings. The topological polar surface area (TPSA) is 137 Å². The highest BCUT2D eigenvalue weighted by Crippen LogP contribution is 2.24. The van der Waals surface area contributed by atoms with E-state index in [1.54, 1.807) is 34.0 Å². The largest absolute Gasteiger partial charge is 0.465 e. The first-order valence-corrected chi connectivity index (χ1v) is 10.5. The van der Waals surface area contributed by atoms with Crippen LogP contribution in [-0.2, 0) is 20.8 Å². The van der Waals surface area contributed by atoms with E-state index in [1.807, 2.05) is 9.47 Å². The second-order valence-corrected chi connectivity index (χ2v) is 8.77. The van der Waals surface area contributed by atoms with E-state index in [0.29, 0.717) is 37.3 Å². The standard InChI is InChI=1S/C19H28ClN7O4/c1-5-30-13(28)9-26-7-11(23-18(29)31-19(2,3)4)6-12(26)8-27-10-22-14-15(20)24-17(21)25-16(14)27/h10-12H,5-9H2,1-4H3,(H,23,29)(H2,21,24,25)/t11-,12+/m0/s1. The molecule has 0 saturated carbocycles. The van der Waals surface area contributed by atoms with Crippen LogP contribution in [0.1, 0.15) is 34.1 Å². The van der Waals surface area contributed by atoms with Crippen LogP contribution in [0.2, 0.25) is 5.15 Å². The van der Waals surface area contributed by atoms with Crippen LogP contribution in [0.4, 0.5) is 10.7 Å². The van der Waals surface area contributed by atoms with E-state index >= 15 is 0 Å². The lowest BCUT2D eigenvalue weighted by Crippen LogP contribution is -2.41. The van der Waals surface area contributed by atoms with Crippen LogP contribution in [0.15, 0.2) is 6.33 Å². The van der Waals surface area contributed by atoms with E-state index in [1.165, 1.54) is 0 Å². The Morgan fingerprint density at radius 2 is 2.10 bits per heavy atom. The maximum absolute atomic E-state index is 12.2. The maximum atomic E-state index is 12.2. The van der Waals surface area contributed by atoms with Crippen LogP contribution in [0.3, 0.4) is 0 Å². The number of amides is 1. The average Bonchev–Trinajstić information content (AvgIpc) is 3.18. The predicted octanol–water partition coefficient (Wildman–Crippen LogP) is 1.59. The summed E-state index contributed by atoms with van der Waals surface area (Å²) in [6.07, 6.45) is 1.73. The van der Waals surface area contributed by atoms with Gasteiger partial charge < -0.3 is 25.1 Å². The molecule has 0 spiro atoms. The van der Waals surface area contributed by atoms with Crippen LogP contribution in [0.25, 0.3) is 11.2 Å². The van der Waals surface area contributed by atoms with Crippen molar-refractivity contribution in [3.63, 3.8) is 0 Å². The van der Waals surface area contributed by atoms with Gasteiger partial charge in [0.1, 0.15) is 11.1 Å². The summed E-state index contributed by atoms with van der Waals surface area (Å²) >= 11 is 6.12. The summed E-state index contributed by atoms with van der Waals surface area (Å²) in [6.45, 7) is 8.53. The fourth-order valence-electron chi connectivity index (χ4n) is 3.61. The third kappa shape index (κ3) is 5.95. The number of hydrogen-bond acceptors (Lipinski definition) is 9. The lowest BCUT2D eigenvalue weighted by molar-refractivity contribution is -0.144. The molecule has 2 atom stereocenters. The molecule has 0 radical (unpaired) electrons. The Kier molecular flexibility index (Phi) is 6.85. The van der Waals surface area contributed by atoms with Crippen molar-refractivity contribution in [1.82, 2.24) is 29.7 Å². The number of rotatable bonds is 6. The number of nitrogen functional groups attached to an aromatic ring is 1. The molecule has 2 aromatic heterocycles. The number of likely N-dealkylation sites (tertiary alicyclic amines) is 1. The van der Waals surface area contributed by atoms with Gasteiger partial charge in [-0.15, -0.1) is 0 Å². The van der Waals surface area contributed by atoms with Crippen LogP contribution >= 0.6 is 11.6 Å². The molecule has 170 valence electrons. The number of nitrogens with one attached hydrogen (secondary N) is 1. The smallest absolute Gasteiger partial charge is 0.407 e. The van der Waals surface area contributed by atoms with Gasteiger partial charge in [0.25, 0.3) is 0 Å². The average molecular weight is 454 g/mol. The van der Waals surface area contributed by atoms with E-state index in [0.717, 1.165) is 0 Å². The number of carbonyl (C=O) groups is 2. The first-order chi connectivity index (χ1) is 14.6. The molecule has 11 nitrogen and oxygen atoms in total. The minimum absolute atomic E-state index is 0.0542. The van der Waals surface area contributed by atoms with Crippen molar-refractivity contribution >= 4 is 40.8 Å². The molecule has 3 heterocycles. The second-order valence-electron chi connectivity index (χ2n) is 8.41. The lowest BCUT2D eigenvalue weighted by atomic mass is 10.1. The van der Waals surface area contributed by atoms with Crippen molar-refractivity contribution in [1.29, 1.82) is 0 Å². The Balaban J connectivity index is 1.77. The van der Waals surface area contributed by atoms with Crippen LogP contribution in [0, 0.1) is 0 Å². The number of esters is 1. The molecule has 1 aliphatic heterocycles. The van der Waals surface area contributed by atoms with Crippen molar-refractivity contribution in [3.05, 3.63) is 11.5 Å². The first-order valence-electron chi connectivity index (χ1n) is 10.1. The van der Waals surface area contributed by atoms with Gasteiger partial charge in [0, 0.05) is 25.2 Å². The Morgan fingerprint density at radius 1 is 1.35 bits per heavy atom. The molecule has 3 N–H and O–H groups in total. The summed E-state index contributed by atoms with van der Waals surface area (Å²) in [7, 11) is 0. The highest BCUT2D eigenvalue weighted by molar-refractivity contribution is 6.33. The molecule has 2 aromatic rings. The molecule has 1 fully saturated rings. The number of nitrogens with two attached hydrogens (primary N) is 1. The molecule has 1 saturated heterocycles. The quantitative estimate of drug-likeness (QED) is 0.493. The summed E-state index contributed by atoms with van der Waals surface area (Å²) in [5, 5.41) is 3.07. The van der Waals surface area contributed by atoms with E-state index in [-0.39, 0.29) is 35.7 Å². The number of hydrogen-bond donors (Lipinski definition) is 2. The number of alkyl carbamates (subject to hydrolysis) is 1. The van der Waals surface area contributed by atoms with Gasteiger partial charge >= 0.3 is 12.1 Å². The van der Waals surface area contributed by atoms with E-state index in [4.69, 9.17) is 26.8 Å². The summed E-state index contributed by atoms with van der Waals surface area (Å²) in [5.41, 5.74) is 6.10. The van der Waals surface area contributed by atoms with Gasteiger partial charge in [-0.1, -0.05) is 11.6 Å². The van der Waals surface area contributed by atoms with Gasteiger partial charge in [0.15, 0.2) is 10.8 Å². The highest BCUT2D eigenvalue weighted by Gasteiger charge is 2.35. The number of imidazole rings is 1. The molecular formula is C19H28ClN7O4. The lowest BCUT2D eigenvalue weighted by Gasteiger charge is -2.23. The number of aromatic nitrogens is 4. The minimum atomic E-state index is -0.596. The Hall–Kier alpha value is -2.66. The molecule has 0 unspecified atom stereocenters. The van der Waals surface area contributed by atoms with Crippen molar-refractivity contribution in [2.24, 2.45) is 0 Å². The number of anilines is 1. The van der Waals surface area contributed by atoms with Gasteiger partial charge in [-0.05, 0) is 34.1 Å². The van der Waals surface area contributed by atoms with E-state index < -0.39 is 11.7 Å². The summed E-state index contributed by atoms with van der Waals surface area (Å²) in [6, 6.07) is -0.274. The van der Waals surface area contributed by atoms with Gasteiger partial charge in [-0.25, -0.2) is 9.78 Å². The Bertz CT molecular complexity index is 959. The summed E-state index contributed by atoms with van der Waals surface area (Å²) in [4.78, 5) is 38.7. The highest BCUT2D eigenvalue weighted by atomic mass is 35.5. The number of halogens is 1. The number of nitrogens with zero attached hydrogens (tertiary/aromatic N) is 5. The Labute approximate surface area is 185 Å². The van der Waals surface area contributed by atoms with Crippen LogP contribution < -0.4 is 11.1 Å². The zero-order chi connectivity index (χ0) is 22.8. The van der Waals surface area contributed by atoms with Crippen LogP contribution in [0.5, 0.6) is 0 Å². The predicted molar refractivity (Wildman–Crippen MR) is 115 cm³/mol. The van der Waals surface area contributed by atoms with Gasteiger partial charge in [0.2, 0.25) is 5.95 Å². The minimum Gasteiger partial charge on any atom is -0.465 e. The summed E-state index contributed by atoms with van der Waals surface area (Å²) < 4.78 is 12.3. The van der Waals surface area contributed by atoms with Crippen molar-refractivity contribution in [2.45, 2.75) is 58.3 Å². The SMILES string of the molecule is CCOC(=O)CN1C[C@@H](NC(=O)OC(C)(C)C)C[C@@H]1Cn1cnc2c(Cl)nc(N)nc21. The molecule has 0 aliphatic carbocycles. The first kappa shape index (κ1) is 23.0. The zero-order valence-corrected chi connectivity index (χ0v) is 18.8. The van der Waals surface area contributed by atoms with Crippen LogP contribution in [-0.4, -0.2) is 73.9 Å². The van der Waals surface area contributed by atoms with Crippen molar-refractivity contribution < 1.29 is 19.1 Å². The van der Waals surface area contributed by atoms with Crippen molar-refractivity contribution in [3.8, 4) is 0 Å². The third-order valence-corrected chi connectivity index (χ3v) is 5.00. The Morgan fingerprint density at radius 3 is 2.77 bits per heavy atom. The second kappa shape index (κ2) is 9.23. The zero-order valence-electron chi connectivity index (χ0n) is 18.1. The molecule has 31 heavy (non-hydrogen) atoms. The van der Waals surface area contributed by atoms with Gasteiger partial charge in [-0.3, -0.25) is 9.69 Å². The normalized spacial score (nSPS) is 19.5. The van der Waals surface area contributed by atoms with E-state index in [9.17, 15) is 9.59 Å². The van der Waals surface area contributed by atoms with Gasteiger partial charge in [-0.2, -0.15) is 9.97 Å². The number of ether oxygens (including phenoxy) is 2. The third-order valence-electron chi connectivity index (χ3n) is 4.73. The number of fused-ring (bicyclic) bond motifs is 1. The molecule has 12 heteroatoms. The fourth-order valence-corrected chi connectivity index (χ4v) is 3.83. The van der Waals surface area contributed by atoms with Crippen molar-refractivity contribution in [2.75, 3.05) is 25.4 Å². The number of carbonyl (C=O) groups excluding carboxylic acids is 2. The molecule has 0 aromatic carbocycles. The molecule has 3 rings (SSSR count). The molecule has 0 bridgehead atoms.